The molecule has 2 N–H and O–H groups in total. The normalized spacial score (nSPS) is 11.9. The Hall–Kier alpha value is -2.57. The summed E-state index contributed by atoms with van der Waals surface area (Å²) in [6.07, 6.45) is 0. The maximum atomic E-state index is 12.7. The van der Waals surface area contributed by atoms with E-state index in [1.807, 2.05) is 39.0 Å². The largest absolute Gasteiger partial charge is 0.495 e. The molecule has 0 bridgehead atoms. The van der Waals surface area contributed by atoms with Crippen molar-refractivity contribution in [3.05, 3.63) is 52.0 Å². The number of hydrogen-bond donors (Lipinski definition) is 2. The van der Waals surface area contributed by atoms with Crippen molar-refractivity contribution in [2.75, 3.05) is 31.3 Å². The summed E-state index contributed by atoms with van der Waals surface area (Å²) in [7, 11) is 3.25. The number of rotatable bonds is 7. The molecule has 2 amide bonds. The number of nitrogens with zero attached hydrogens (tertiary/aromatic N) is 1. The molecule has 0 saturated carbocycles. The molecule has 6 nitrogen and oxygen atoms in total. The molecule has 2 aromatic carbocycles. The number of halogens is 1. The first-order chi connectivity index (χ1) is 13.6. The lowest BCUT2D eigenvalue weighted by Gasteiger charge is -2.24. The lowest BCUT2D eigenvalue weighted by Crippen LogP contribution is -2.43. The van der Waals surface area contributed by atoms with Crippen molar-refractivity contribution in [3.8, 4) is 5.75 Å². The van der Waals surface area contributed by atoms with E-state index in [1.165, 1.54) is 7.11 Å². The zero-order chi connectivity index (χ0) is 21.7. The van der Waals surface area contributed by atoms with Gasteiger partial charge in [-0.15, -0.1) is 0 Å². The van der Waals surface area contributed by atoms with Gasteiger partial charge in [-0.3, -0.25) is 14.5 Å². The Kier molecular flexibility index (Phi) is 7.65. The quantitative estimate of drug-likeness (QED) is 0.709. The lowest BCUT2D eigenvalue weighted by molar-refractivity contribution is -0.122. The highest BCUT2D eigenvalue weighted by Crippen LogP contribution is 2.31. The molecule has 0 aliphatic heterocycles. The van der Waals surface area contributed by atoms with E-state index < -0.39 is 6.04 Å². The van der Waals surface area contributed by atoms with Crippen LogP contribution in [0.1, 0.15) is 23.6 Å². The van der Waals surface area contributed by atoms with E-state index in [0.717, 1.165) is 22.4 Å². The Morgan fingerprint density at radius 1 is 1.10 bits per heavy atom. The molecule has 0 aromatic heterocycles. The van der Waals surface area contributed by atoms with Gasteiger partial charge in [0.25, 0.3) is 0 Å². The van der Waals surface area contributed by atoms with Crippen LogP contribution < -0.4 is 15.4 Å². The number of carbonyl (C=O) groups excluding carboxylic acids is 2. The van der Waals surface area contributed by atoms with Crippen molar-refractivity contribution in [1.82, 2.24) is 4.90 Å². The number of likely N-dealkylation sites (N-methyl/N-ethyl adjacent to an activating group) is 1. The van der Waals surface area contributed by atoms with Gasteiger partial charge in [0.1, 0.15) is 5.75 Å². The third kappa shape index (κ3) is 5.71. The fourth-order valence-corrected chi connectivity index (χ4v) is 2.96. The first kappa shape index (κ1) is 22.7. The van der Waals surface area contributed by atoms with Crippen molar-refractivity contribution in [2.24, 2.45) is 0 Å². The molecule has 7 heteroatoms. The van der Waals surface area contributed by atoms with Crippen LogP contribution in [0, 0.1) is 20.8 Å². The number of hydrogen-bond acceptors (Lipinski definition) is 4. The van der Waals surface area contributed by atoms with E-state index >= 15 is 0 Å². The number of carbonyl (C=O) groups is 2. The van der Waals surface area contributed by atoms with Crippen molar-refractivity contribution in [2.45, 2.75) is 33.7 Å². The van der Waals surface area contributed by atoms with Gasteiger partial charge in [0.2, 0.25) is 11.8 Å². The van der Waals surface area contributed by atoms with Gasteiger partial charge in [0, 0.05) is 16.8 Å². The van der Waals surface area contributed by atoms with Gasteiger partial charge in [-0.25, -0.2) is 0 Å². The highest BCUT2D eigenvalue weighted by molar-refractivity contribution is 6.31. The second-order valence-corrected chi connectivity index (χ2v) is 7.58. The molecule has 0 fully saturated rings. The van der Waals surface area contributed by atoms with Gasteiger partial charge in [0.15, 0.2) is 0 Å². The fourth-order valence-electron chi connectivity index (χ4n) is 2.81. The van der Waals surface area contributed by atoms with Crippen molar-refractivity contribution in [3.63, 3.8) is 0 Å². The summed E-state index contributed by atoms with van der Waals surface area (Å²) in [6, 6.07) is 8.67. The number of ether oxygens (including phenoxy) is 1. The molecule has 0 heterocycles. The Morgan fingerprint density at radius 3 is 2.45 bits per heavy atom. The zero-order valence-corrected chi connectivity index (χ0v) is 18.5. The van der Waals surface area contributed by atoms with Gasteiger partial charge in [-0.2, -0.15) is 0 Å². The summed E-state index contributed by atoms with van der Waals surface area (Å²) in [5, 5.41) is 6.33. The highest BCUT2D eigenvalue weighted by Gasteiger charge is 2.22. The van der Waals surface area contributed by atoms with E-state index in [2.05, 4.69) is 10.6 Å². The van der Waals surface area contributed by atoms with E-state index in [9.17, 15) is 9.59 Å². The number of anilines is 2. The van der Waals surface area contributed by atoms with Gasteiger partial charge >= 0.3 is 0 Å². The monoisotopic (exact) mass is 417 g/mol. The van der Waals surface area contributed by atoms with Crippen LogP contribution in [0.2, 0.25) is 5.02 Å². The van der Waals surface area contributed by atoms with Gasteiger partial charge in [-0.05, 0) is 63.6 Å². The molecule has 0 aliphatic rings. The van der Waals surface area contributed by atoms with Crippen molar-refractivity contribution in [1.29, 1.82) is 0 Å². The summed E-state index contributed by atoms with van der Waals surface area (Å²) in [6.45, 7) is 7.64. The first-order valence-electron chi connectivity index (χ1n) is 9.35. The maximum Gasteiger partial charge on any atom is 0.241 e. The average Bonchev–Trinajstić information content (AvgIpc) is 2.67. The van der Waals surface area contributed by atoms with Crippen LogP contribution in [0.15, 0.2) is 30.3 Å². The fraction of sp³-hybridized carbons (Fsp3) is 0.364. The molecule has 2 rings (SSSR count). The molecule has 1 unspecified atom stereocenters. The van der Waals surface area contributed by atoms with Gasteiger partial charge in [-0.1, -0.05) is 23.7 Å². The minimum atomic E-state index is -0.528. The van der Waals surface area contributed by atoms with Crippen molar-refractivity contribution >= 4 is 34.8 Å². The topological polar surface area (TPSA) is 70.7 Å². The average molecular weight is 418 g/mol. The number of benzene rings is 2. The Labute approximate surface area is 177 Å². The van der Waals surface area contributed by atoms with Crippen LogP contribution in [0.4, 0.5) is 11.4 Å². The SMILES string of the molecule is COc1cc(Cl)c(C)cc1NC(=O)C(C)N(C)CC(=O)Nc1cccc(C)c1C. The van der Waals surface area contributed by atoms with Crippen LogP contribution in [-0.4, -0.2) is 43.5 Å². The predicted molar refractivity (Wildman–Crippen MR) is 118 cm³/mol. The summed E-state index contributed by atoms with van der Waals surface area (Å²) in [5.74, 6) is 0.0595. The molecular formula is C22H28ClN3O3. The molecule has 0 radical (unpaired) electrons. The Bertz CT molecular complexity index is 914. The van der Waals surface area contributed by atoms with Crippen LogP contribution in [-0.2, 0) is 9.59 Å². The second-order valence-electron chi connectivity index (χ2n) is 7.18. The molecular weight excluding hydrogens is 390 g/mol. The lowest BCUT2D eigenvalue weighted by atomic mass is 10.1. The first-order valence-corrected chi connectivity index (χ1v) is 9.73. The third-order valence-corrected chi connectivity index (χ3v) is 5.46. The van der Waals surface area contributed by atoms with Crippen LogP contribution in [0.5, 0.6) is 5.75 Å². The van der Waals surface area contributed by atoms with E-state index in [1.54, 1.807) is 31.0 Å². The summed E-state index contributed by atoms with van der Waals surface area (Å²) in [4.78, 5) is 26.8. The second kappa shape index (κ2) is 9.76. The van der Waals surface area contributed by atoms with Gasteiger partial charge in [0.05, 0.1) is 25.4 Å². The minimum Gasteiger partial charge on any atom is -0.495 e. The maximum absolute atomic E-state index is 12.7. The van der Waals surface area contributed by atoms with Crippen molar-refractivity contribution < 1.29 is 14.3 Å². The van der Waals surface area contributed by atoms with Crippen LogP contribution >= 0.6 is 11.6 Å². The molecule has 0 saturated heterocycles. The molecule has 0 spiro atoms. The van der Waals surface area contributed by atoms with E-state index in [-0.39, 0.29) is 18.4 Å². The van der Waals surface area contributed by atoms with Crippen LogP contribution in [0.3, 0.4) is 0 Å². The Morgan fingerprint density at radius 2 is 1.79 bits per heavy atom. The number of methoxy groups -OCH3 is 1. The third-order valence-electron chi connectivity index (χ3n) is 5.05. The highest BCUT2D eigenvalue weighted by atomic mass is 35.5. The molecule has 2 aromatic rings. The minimum absolute atomic E-state index is 0.0821. The molecule has 1 atom stereocenters. The summed E-state index contributed by atoms with van der Waals surface area (Å²) in [5.41, 5.74) is 4.29. The summed E-state index contributed by atoms with van der Waals surface area (Å²) < 4.78 is 5.30. The summed E-state index contributed by atoms with van der Waals surface area (Å²) >= 11 is 6.11. The number of aryl methyl sites for hydroxylation is 2. The molecule has 156 valence electrons. The standard InChI is InChI=1S/C22H28ClN3O3/c1-13-8-7-9-18(15(13)3)24-21(27)12-26(5)16(4)22(28)25-19-10-14(2)17(23)11-20(19)29-6/h7-11,16H,12H2,1-6H3,(H,24,27)(H,25,28). The van der Waals surface area contributed by atoms with E-state index in [0.29, 0.717) is 16.5 Å². The number of nitrogens with one attached hydrogen (secondary N) is 2. The molecule has 0 aliphatic carbocycles. The Balaban J connectivity index is 2.01. The van der Waals surface area contributed by atoms with Crippen LogP contribution in [0.25, 0.3) is 0 Å². The smallest absolute Gasteiger partial charge is 0.241 e. The van der Waals surface area contributed by atoms with E-state index in [4.69, 9.17) is 16.3 Å². The predicted octanol–water partition coefficient (Wildman–Crippen LogP) is 4.17. The zero-order valence-electron chi connectivity index (χ0n) is 17.7. The van der Waals surface area contributed by atoms with Gasteiger partial charge < -0.3 is 15.4 Å². The number of amides is 2. The molecule has 29 heavy (non-hydrogen) atoms.